The number of amides is 4. The summed E-state index contributed by atoms with van der Waals surface area (Å²) in [5.41, 5.74) is 6.38. The first kappa shape index (κ1) is 45.5. The number of imidazole rings is 1. The number of ether oxygens (including phenoxy) is 2. The Morgan fingerprint density at radius 2 is 1.15 bits per heavy atom. The fourth-order valence-electron chi connectivity index (χ4n) is 8.80. The number of alkyl carbamates (subject to hydrolysis) is 2. The molecule has 0 spiro atoms. The number of carbonyl (C=O) groups is 4. The van der Waals surface area contributed by atoms with Crippen LogP contribution in [-0.4, -0.2) is 84.8 Å². The molecule has 0 radical (unpaired) electrons. The maximum Gasteiger partial charge on any atom is 0.408 e. The number of carbonyl (C=O) groups excluding carboxylic acids is 4. The summed E-state index contributed by atoms with van der Waals surface area (Å²) in [5.74, 6) is 0.281. The van der Waals surface area contributed by atoms with Gasteiger partial charge >= 0.3 is 12.2 Å². The molecule has 2 saturated heterocycles. The summed E-state index contributed by atoms with van der Waals surface area (Å²) in [4.78, 5) is 75.6. The van der Waals surface area contributed by atoms with E-state index in [1.807, 2.05) is 108 Å². The Balaban J connectivity index is 0.896. The van der Waals surface area contributed by atoms with Gasteiger partial charge < -0.3 is 34.9 Å². The van der Waals surface area contributed by atoms with E-state index in [0.717, 1.165) is 65.0 Å². The van der Waals surface area contributed by atoms with Gasteiger partial charge in [0.15, 0.2) is 0 Å². The summed E-state index contributed by atoms with van der Waals surface area (Å²) >= 11 is 0. The minimum atomic E-state index is -0.914. The predicted octanol–water partition coefficient (Wildman–Crippen LogP) is 9.51. The second-order valence-electron chi connectivity index (χ2n) is 19.0. The molecule has 3 aromatic carbocycles. The Labute approximate surface area is 385 Å². The molecule has 66 heavy (non-hydrogen) atoms. The first-order valence-electron chi connectivity index (χ1n) is 22.7. The predicted molar refractivity (Wildman–Crippen MR) is 253 cm³/mol. The van der Waals surface area contributed by atoms with Gasteiger partial charge in [-0.05, 0) is 101 Å². The topological polar surface area (TPSA) is 171 Å². The first-order chi connectivity index (χ1) is 31.6. The van der Waals surface area contributed by atoms with E-state index in [9.17, 15) is 19.2 Å². The number of allylic oxidation sites excluding steroid dienone is 1. The van der Waals surface area contributed by atoms with Gasteiger partial charge in [0.25, 0.3) is 5.91 Å². The second-order valence-corrected chi connectivity index (χ2v) is 19.0. The first-order valence-corrected chi connectivity index (χ1v) is 22.7. The van der Waals surface area contributed by atoms with Crippen LogP contribution in [0.25, 0.3) is 28.1 Å². The van der Waals surface area contributed by atoms with Gasteiger partial charge in [0.1, 0.15) is 29.1 Å². The number of nitrogens with one attached hydrogen (secondary N) is 3. The summed E-state index contributed by atoms with van der Waals surface area (Å²) in [6.07, 6.45) is 7.99. The molecular weight excluding hydrogens is 833 g/mol. The molecule has 8 rings (SSSR count). The molecule has 0 bridgehead atoms. The smallest absolute Gasteiger partial charge is 0.408 e. The normalized spacial score (nSPS) is 18.3. The van der Waals surface area contributed by atoms with Gasteiger partial charge in [-0.1, -0.05) is 91.0 Å². The molecular formula is C52H58N8O6. The van der Waals surface area contributed by atoms with Crippen LogP contribution in [0.1, 0.15) is 114 Å². The summed E-state index contributed by atoms with van der Waals surface area (Å²) in [6, 6.07) is 28.4. The number of hydrogen-bond acceptors (Lipinski definition) is 9. The number of likely N-dealkylation sites (tertiary alicyclic amines) is 2. The highest BCUT2D eigenvalue weighted by Gasteiger charge is 2.40. The van der Waals surface area contributed by atoms with Gasteiger partial charge in [-0.2, -0.15) is 0 Å². The number of aliphatic imine (C=N–C) groups is 1. The van der Waals surface area contributed by atoms with E-state index in [1.54, 1.807) is 52.6 Å². The third-order valence-corrected chi connectivity index (χ3v) is 11.8. The molecule has 14 nitrogen and oxygen atoms in total. The fourth-order valence-corrected chi connectivity index (χ4v) is 8.80. The van der Waals surface area contributed by atoms with Gasteiger partial charge in [0, 0.05) is 43.2 Å². The highest BCUT2D eigenvalue weighted by Crippen LogP contribution is 2.36. The van der Waals surface area contributed by atoms with E-state index in [-0.39, 0.29) is 23.9 Å². The maximum atomic E-state index is 14.2. The lowest BCUT2D eigenvalue weighted by atomic mass is 9.98. The molecule has 5 aromatic rings. The summed E-state index contributed by atoms with van der Waals surface area (Å²) in [6.45, 7) is 11.8. The van der Waals surface area contributed by atoms with Crippen molar-refractivity contribution in [1.29, 1.82) is 0 Å². The zero-order valence-corrected chi connectivity index (χ0v) is 38.4. The Morgan fingerprint density at radius 3 is 1.68 bits per heavy atom. The second kappa shape index (κ2) is 19.2. The van der Waals surface area contributed by atoms with Crippen LogP contribution >= 0.6 is 0 Å². The molecule has 14 heteroatoms. The molecule has 5 heterocycles. The molecule has 342 valence electrons. The van der Waals surface area contributed by atoms with Crippen LogP contribution in [0.15, 0.2) is 121 Å². The van der Waals surface area contributed by atoms with Crippen molar-refractivity contribution in [3.05, 3.63) is 138 Å². The SMILES string of the molecule is CC(C)(C)OC(=O)N[C@@H](C(=O)N1CCC[C@H]1C1=NC=C(c2ccc(-c3ccc(-c4cnc([C@@H]5CCCN5C(=O)[C@H](NC(=O)OC(C)(C)C)c5ccccc5)[nH]4)cc3)nc2)C1)c1ccccc1. The Bertz CT molecular complexity index is 2600. The highest BCUT2D eigenvalue weighted by molar-refractivity contribution is 6.04. The number of H-pyrrole nitrogens is 1. The van der Waals surface area contributed by atoms with Crippen molar-refractivity contribution in [2.45, 2.75) is 109 Å². The summed E-state index contributed by atoms with van der Waals surface area (Å²) in [5, 5.41) is 5.65. The summed E-state index contributed by atoms with van der Waals surface area (Å²) in [7, 11) is 0. The molecule has 0 aliphatic carbocycles. The van der Waals surface area contributed by atoms with Crippen LogP contribution in [0.3, 0.4) is 0 Å². The number of aromatic amines is 1. The average Bonchev–Trinajstić information content (AvgIpc) is 4.14. The zero-order valence-electron chi connectivity index (χ0n) is 38.4. The lowest BCUT2D eigenvalue weighted by molar-refractivity contribution is -0.135. The molecule has 0 saturated carbocycles. The van der Waals surface area contributed by atoms with Crippen molar-refractivity contribution in [2.75, 3.05) is 13.1 Å². The number of aromatic nitrogens is 3. The third-order valence-electron chi connectivity index (χ3n) is 11.8. The Morgan fingerprint density at radius 1 is 0.636 bits per heavy atom. The van der Waals surface area contributed by atoms with Gasteiger partial charge in [-0.3, -0.25) is 19.6 Å². The van der Waals surface area contributed by atoms with E-state index < -0.39 is 35.5 Å². The number of nitrogens with zero attached hydrogens (tertiary/aromatic N) is 5. The average molecular weight is 891 g/mol. The zero-order chi connectivity index (χ0) is 46.6. The quantitative estimate of drug-likeness (QED) is 0.118. The highest BCUT2D eigenvalue weighted by atomic mass is 16.6. The minimum Gasteiger partial charge on any atom is -0.444 e. The molecule has 3 aliphatic rings. The van der Waals surface area contributed by atoms with E-state index >= 15 is 0 Å². The van der Waals surface area contributed by atoms with Crippen molar-refractivity contribution in [3.8, 4) is 22.5 Å². The minimum absolute atomic E-state index is 0.186. The molecule has 3 aliphatic heterocycles. The summed E-state index contributed by atoms with van der Waals surface area (Å²) < 4.78 is 11.0. The van der Waals surface area contributed by atoms with E-state index in [2.05, 4.69) is 21.7 Å². The van der Waals surface area contributed by atoms with Crippen molar-refractivity contribution >= 4 is 35.3 Å². The molecule has 0 unspecified atom stereocenters. The number of benzene rings is 3. The van der Waals surface area contributed by atoms with Crippen LogP contribution in [0, 0.1) is 0 Å². The van der Waals surface area contributed by atoms with Crippen molar-refractivity contribution in [2.24, 2.45) is 4.99 Å². The number of pyridine rings is 1. The maximum absolute atomic E-state index is 14.2. The van der Waals surface area contributed by atoms with Gasteiger partial charge in [-0.15, -0.1) is 0 Å². The standard InChI is InChI=1S/C52H58N8O6/c1-51(2,3)65-49(63)57-44(35-15-9-7-10-16-35)47(61)59-27-13-19-42(59)40-29-38(31-54-40)37-25-26-39(53-30-37)33-21-23-34(24-22-33)41-32-55-46(56-41)43-20-14-28-60(43)48(62)45(36-17-11-8-12-18-36)58-50(64)66-52(4,5)6/h7-12,15-18,21-26,30-32,42-45H,13-14,19-20,27-29H2,1-6H3,(H,55,56)(H,57,63)(H,58,64)/t42-,43-,44+,45+/m0/s1. The molecule has 4 amide bonds. The third kappa shape index (κ3) is 10.7. The van der Waals surface area contributed by atoms with Crippen molar-refractivity contribution < 1.29 is 28.7 Å². The van der Waals surface area contributed by atoms with Crippen LogP contribution in [0.4, 0.5) is 9.59 Å². The van der Waals surface area contributed by atoms with Crippen LogP contribution in [0.2, 0.25) is 0 Å². The van der Waals surface area contributed by atoms with Gasteiger partial charge in [0.05, 0.1) is 29.7 Å². The van der Waals surface area contributed by atoms with E-state index in [4.69, 9.17) is 24.4 Å². The van der Waals surface area contributed by atoms with Crippen molar-refractivity contribution in [1.82, 2.24) is 35.4 Å². The molecule has 2 aromatic heterocycles. The van der Waals surface area contributed by atoms with Crippen LogP contribution in [-0.2, 0) is 19.1 Å². The van der Waals surface area contributed by atoms with Crippen LogP contribution < -0.4 is 10.6 Å². The lowest BCUT2D eigenvalue weighted by Gasteiger charge is -2.30. The number of rotatable bonds is 11. The Kier molecular flexibility index (Phi) is 13.2. The van der Waals surface area contributed by atoms with Crippen molar-refractivity contribution in [3.63, 3.8) is 0 Å². The number of hydrogen-bond donors (Lipinski definition) is 3. The molecule has 3 N–H and O–H groups in total. The largest absolute Gasteiger partial charge is 0.444 e. The molecule has 4 atom stereocenters. The van der Waals surface area contributed by atoms with E-state index in [1.165, 1.54) is 0 Å². The monoisotopic (exact) mass is 890 g/mol. The van der Waals surface area contributed by atoms with E-state index in [0.29, 0.717) is 36.5 Å². The Hall–Kier alpha value is -7.09. The van der Waals surface area contributed by atoms with Gasteiger partial charge in [0.2, 0.25) is 5.91 Å². The fraction of sp³-hybridized carbons (Fsp3) is 0.365. The lowest BCUT2D eigenvalue weighted by Crippen LogP contribution is -2.48. The van der Waals surface area contributed by atoms with Gasteiger partial charge in [-0.25, -0.2) is 14.6 Å². The molecule has 2 fully saturated rings. The van der Waals surface area contributed by atoms with Crippen LogP contribution in [0.5, 0.6) is 0 Å².